The van der Waals surface area contributed by atoms with Crippen molar-refractivity contribution in [3.05, 3.63) is 29.8 Å². The van der Waals surface area contributed by atoms with Gasteiger partial charge in [0.2, 0.25) is 5.95 Å². The lowest BCUT2D eigenvalue weighted by molar-refractivity contribution is 0.0649. The van der Waals surface area contributed by atoms with E-state index in [-0.39, 0.29) is 18.8 Å². The quantitative estimate of drug-likeness (QED) is 0.729. The number of nitrogens with zero attached hydrogens (tertiary/aromatic N) is 2. The Balaban J connectivity index is 2.76. The van der Waals surface area contributed by atoms with Crippen LogP contribution < -0.4 is 0 Å². The zero-order chi connectivity index (χ0) is 12.7. The molecule has 0 spiro atoms. The molecule has 1 amide bonds. The molecule has 0 aliphatic heterocycles. The Hall–Kier alpha value is -1.53. The van der Waals surface area contributed by atoms with Gasteiger partial charge in [0, 0.05) is 20.2 Å². The molecule has 0 saturated heterocycles. The molecule has 0 unspecified atom stereocenters. The van der Waals surface area contributed by atoms with E-state index in [2.05, 4.69) is 4.98 Å². The normalized spacial score (nSPS) is 10.3. The molecule has 0 bridgehead atoms. The van der Waals surface area contributed by atoms with Gasteiger partial charge >= 0.3 is 0 Å². The van der Waals surface area contributed by atoms with Crippen molar-refractivity contribution < 1.29 is 19.0 Å². The summed E-state index contributed by atoms with van der Waals surface area (Å²) in [5, 5.41) is 8.86. The van der Waals surface area contributed by atoms with Gasteiger partial charge in [0.05, 0.1) is 13.2 Å². The topological polar surface area (TPSA) is 62.7 Å². The summed E-state index contributed by atoms with van der Waals surface area (Å²) in [5.74, 6) is -1.12. The Labute approximate surface area is 98.8 Å². The zero-order valence-corrected chi connectivity index (χ0v) is 9.60. The molecule has 1 heterocycles. The van der Waals surface area contributed by atoms with Crippen molar-refractivity contribution >= 4 is 5.91 Å². The fourth-order valence-corrected chi connectivity index (χ4v) is 1.33. The van der Waals surface area contributed by atoms with Crippen LogP contribution in [0, 0.1) is 5.95 Å². The largest absolute Gasteiger partial charge is 0.395 e. The SMILES string of the molecule is COCCN(CCO)C(=O)c1cccc(F)n1. The number of methoxy groups -OCH3 is 1. The second-order valence-electron chi connectivity index (χ2n) is 3.35. The second-order valence-corrected chi connectivity index (χ2v) is 3.35. The minimum absolute atomic E-state index is 0.0227. The molecule has 17 heavy (non-hydrogen) atoms. The molecule has 0 aromatic carbocycles. The van der Waals surface area contributed by atoms with E-state index in [9.17, 15) is 9.18 Å². The smallest absolute Gasteiger partial charge is 0.272 e. The number of aliphatic hydroxyl groups excluding tert-OH is 1. The third-order valence-electron chi connectivity index (χ3n) is 2.16. The molecule has 5 nitrogen and oxygen atoms in total. The van der Waals surface area contributed by atoms with Crippen molar-refractivity contribution in [3.63, 3.8) is 0 Å². The summed E-state index contributed by atoms with van der Waals surface area (Å²) in [6.45, 7) is 0.681. The Morgan fingerprint density at radius 2 is 2.29 bits per heavy atom. The number of amides is 1. The van der Waals surface area contributed by atoms with E-state index in [1.54, 1.807) is 0 Å². The summed E-state index contributed by atoms with van der Waals surface area (Å²) >= 11 is 0. The van der Waals surface area contributed by atoms with Gasteiger partial charge in [-0.2, -0.15) is 4.39 Å². The average Bonchev–Trinajstić information content (AvgIpc) is 2.33. The van der Waals surface area contributed by atoms with E-state index in [4.69, 9.17) is 9.84 Å². The van der Waals surface area contributed by atoms with E-state index in [1.165, 1.54) is 30.2 Å². The molecule has 0 aliphatic carbocycles. The molecular formula is C11H15FN2O3. The highest BCUT2D eigenvalue weighted by Gasteiger charge is 2.16. The molecule has 0 aliphatic rings. The summed E-state index contributed by atoms with van der Waals surface area (Å²) in [6.07, 6.45) is 0. The fraction of sp³-hybridized carbons (Fsp3) is 0.455. The Bertz CT molecular complexity index is 373. The Kier molecular flexibility index (Phi) is 5.51. The number of rotatable bonds is 6. The van der Waals surface area contributed by atoms with Crippen molar-refractivity contribution in [1.29, 1.82) is 0 Å². The van der Waals surface area contributed by atoms with Crippen LogP contribution in [0.1, 0.15) is 10.5 Å². The molecule has 1 aromatic rings. The Morgan fingerprint density at radius 1 is 1.53 bits per heavy atom. The highest BCUT2D eigenvalue weighted by Crippen LogP contribution is 2.03. The first-order chi connectivity index (χ1) is 8.19. The standard InChI is InChI=1S/C11H15FN2O3/c1-17-8-6-14(5-7-15)11(16)9-3-2-4-10(12)13-9/h2-4,15H,5-8H2,1H3. The highest BCUT2D eigenvalue weighted by molar-refractivity contribution is 5.92. The first-order valence-electron chi connectivity index (χ1n) is 5.20. The maximum absolute atomic E-state index is 12.9. The zero-order valence-electron chi connectivity index (χ0n) is 9.60. The van der Waals surface area contributed by atoms with Gasteiger partial charge in [-0.3, -0.25) is 4.79 Å². The van der Waals surface area contributed by atoms with Gasteiger partial charge in [-0.1, -0.05) is 6.07 Å². The van der Waals surface area contributed by atoms with Gasteiger partial charge in [-0.15, -0.1) is 0 Å². The molecule has 6 heteroatoms. The molecular weight excluding hydrogens is 227 g/mol. The summed E-state index contributed by atoms with van der Waals surface area (Å²) in [4.78, 5) is 16.8. The van der Waals surface area contributed by atoms with Gasteiger partial charge < -0.3 is 14.7 Å². The van der Waals surface area contributed by atoms with Gasteiger partial charge in [0.1, 0.15) is 5.69 Å². The summed E-state index contributed by atoms with van der Waals surface area (Å²) in [6, 6.07) is 4.02. The van der Waals surface area contributed by atoms with Gasteiger partial charge in [0.15, 0.2) is 0 Å². The van der Waals surface area contributed by atoms with Crippen LogP contribution in [0.2, 0.25) is 0 Å². The molecule has 1 rings (SSSR count). The molecule has 0 fully saturated rings. The van der Waals surface area contributed by atoms with Gasteiger partial charge in [0.25, 0.3) is 5.91 Å². The summed E-state index contributed by atoms with van der Waals surface area (Å²) in [7, 11) is 1.52. The number of ether oxygens (including phenoxy) is 1. The predicted octanol–water partition coefficient (Wildman–Crippen LogP) is 0.302. The molecule has 0 atom stereocenters. The number of aliphatic hydroxyl groups is 1. The Morgan fingerprint density at radius 3 is 2.88 bits per heavy atom. The van der Waals surface area contributed by atoms with E-state index in [0.717, 1.165) is 0 Å². The predicted molar refractivity (Wildman–Crippen MR) is 59.1 cm³/mol. The van der Waals surface area contributed by atoms with Crippen LogP contribution in [0.5, 0.6) is 0 Å². The third kappa shape index (κ3) is 4.08. The number of pyridine rings is 1. The van der Waals surface area contributed by atoms with Crippen molar-refractivity contribution in [2.24, 2.45) is 0 Å². The van der Waals surface area contributed by atoms with Gasteiger partial charge in [-0.25, -0.2) is 4.98 Å². The van der Waals surface area contributed by atoms with Crippen LogP contribution in [0.15, 0.2) is 18.2 Å². The van der Waals surface area contributed by atoms with Crippen LogP contribution >= 0.6 is 0 Å². The lowest BCUT2D eigenvalue weighted by Gasteiger charge is -2.20. The van der Waals surface area contributed by atoms with Crippen molar-refractivity contribution in [2.45, 2.75) is 0 Å². The van der Waals surface area contributed by atoms with E-state index in [1.807, 2.05) is 0 Å². The number of aromatic nitrogens is 1. The first kappa shape index (κ1) is 13.5. The number of hydrogen-bond acceptors (Lipinski definition) is 4. The van der Waals surface area contributed by atoms with Crippen LogP contribution in [-0.2, 0) is 4.74 Å². The molecule has 1 N–H and O–H groups in total. The minimum Gasteiger partial charge on any atom is -0.395 e. The van der Waals surface area contributed by atoms with E-state index >= 15 is 0 Å². The lowest BCUT2D eigenvalue weighted by Crippen LogP contribution is -2.36. The highest BCUT2D eigenvalue weighted by atomic mass is 19.1. The van der Waals surface area contributed by atoms with Crippen LogP contribution in [0.3, 0.4) is 0 Å². The molecule has 1 aromatic heterocycles. The van der Waals surface area contributed by atoms with Crippen LogP contribution in [0.4, 0.5) is 4.39 Å². The van der Waals surface area contributed by atoms with Crippen LogP contribution in [-0.4, -0.2) is 54.3 Å². The minimum atomic E-state index is -0.702. The first-order valence-corrected chi connectivity index (χ1v) is 5.20. The number of hydrogen-bond donors (Lipinski definition) is 1. The van der Waals surface area contributed by atoms with E-state index < -0.39 is 11.9 Å². The summed E-state index contributed by atoms with van der Waals surface area (Å²) in [5.41, 5.74) is 0.0227. The van der Waals surface area contributed by atoms with Crippen molar-refractivity contribution in [1.82, 2.24) is 9.88 Å². The van der Waals surface area contributed by atoms with Gasteiger partial charge in [-0.05, 0) is 12.1 Å². The molecule has 0 saturated carbocycles. The third-order valence-corrected chi connectivity index (χ3v) is 2.16. The number of carbonyl (C=O) groups is 1. The summed E-state index contributed by atoms with van der Waals surface area (Å²) < 4.78 is 17.7. The molecule has 0 radical (unpaired) electrons. The maximum Gasteiger partial charge on any atom is 0.272 e. The van der Waals surface area contributed by atoms with Crippen LogP contribution in [0.25, 0.3) is 0 Å². The number of carbonyl (C=O) groups excluding carboxylic acids is 1. The van der Waals surface area contributed by atoms with Crippen molar-refractivity contribution in [2.75, 3.05) is 33.4 Å². The lowest BCUT2D eigenvalue weighted by atomic mass is 10.3. The second kappa shape index (κ2) is 6.93. The maximum atomic E-state index is 12.9. The number of halogens is 1. The average molecular weight is 242 g/mol. The fourth-order valence-electron chi connectivity index (χ4n) is 1.33. The monoisotopic (exact) mass is 242 g/mol. The van der Waals surface area contributed by atoms with Crippen molar-refractivity contribution in [3.8, 4) is 0 Å². The van der Waals surface area contributed by atoms with E-state index in [0.29, 0.717) is 13.2 Å². The molecule has 94 valence electrons.